The molecule has 2 N–H and O–H groups in total. The topological polar surface area (TPSA) is 35.2 Å². The average Bonchev–Trinajstić information content (AvgIpc) is 2.34. The highest BCUT2D eigenvalue weighted by Gasteiger charge is 2.07. The van der Waals surface area contributed by atoms with Gasteiger partial charge >= 0.3 is 0 Å². The Balaban J connectivity index is 2.85. The number of ether oxygens (including phenoxy) is 1. The van der Waals surface area contributed by atoms with Gasteiger partial charge in [0.15, 0.2) is 0 Å². The van der Waals surface area contributed by atoms with E-state index in [-0.39, 0.29) is 6.04 Å². The zero-order valence-corrected chi connectivity index (χ0v) is 13.8. The van der Waals surface area contributed by atoms with Crippen LogP contribution in [0.3, 0.4) is 0 Å². The summed E-state index contributed by atoms with van der Waals surface area (Å²) in [6.45, 7) is 11.7. The highest BCUT2D eigenvalue weighted by Crippen LogP contribution is 2.22. The zero-order valence-electron chi connectivity index (χ0n) is 13.8. The first-order valence-electron chi connectivity index (χ1n) is 7.91. The molecule has 1 aromatic rings. The summed E-state index contributed by atoms with van der Waals surface area (Å²) in [6.07, 6.45) is 3.15. The number of benzene rings is 1. The van der Waals surface area contributed by atoms with Crippen LogP contribution in [0, 0.1) is 11.8 Å². The zero-order chi connectivity index (χ0) is 15.1. The molecule has 114 valence electrons. The SMILES string of the molecule is CCC(N)COc1cc(CC(C)C)cc(CC(C)C)c1. The molecule has 2 nitrogen and oxygen atoms in total. The molecule has 0 radical (unpaired) electrons. The molecule has 20 heavy (non-hydrogen) atoms. The van der Waals surface area contributed by atoms with Gasteiger partial charge in [0.2, 0.25) is 0 Å². The highest BCUT2D eigenvalue weighted by atomic mass is 16.5. The second-order valence-corrected chi connectivity index (χ2v) is 6.66. The quantitative estimate of drug-likeness (QED) is 0.773. The van der Waals surface area contributed by atoms with Crippen LogP contribution in [-0.2, 0) is 12.8 Å². The molecular formula is C18H31NO. The standard InChI is InChI=1S/C18H31NO/c1-6-17(19)12-20-18-10-15(7-13(2)3)9-16(11-18)8-14(4)5/h9-11,13-14,17H,6-8,12,19H2,1-5H3. The van der Waals surface area contributed by atoms with Gasteiger partial charge < -0.3 is 10.5 Å². The van der Waals surface area contributed by atoms with Crippen LogP contribution in [0.15, 0.2) is 18.2 Å². The molecule has 0 aliphatic carbocycles. The lowest BCUT2D eigenvalue weighted by atomic mass is 9.96. The van der Waals surface area contributed by atoms with E-state index in [4.69, 9.17) is 10.5 Å². The molecule has 2 heteroatoms. The van der Waals surface area contributed by atoms with Crippen LogP contribution in [0.1, 0.15) is 52.2 Å². The van der Waals surface area contributed by atoms with E-state index in [9.17, 15) is 0 Å². The Hall–Kier alpha value is -1.02. The fourth-order valence-electron chi connectivity index (χ4n) is 2.31. The molecule has 1 rings (SSSR count). The molecule has 0 saturated carbocycles. The van der Waals surface area contributed by atoms with Crippen molar-refractivity contribution in [2.24, 2.45) is 17.6 Å². The van der Waals surface area contributed by atoms with Crippen molar-refractivity contribution >= 4 is 0 Å². The third-order valence-corrected chi connectivity index (χ3v) is 3.30. The fraction of sp³-hybridized carbons (Fsp3) is 0.667. The summed E-state index contributed by atoms with van der Waals surface area (Å²) in [5.74, 6) is 2.30. The Morgan fingerprint density at radius 2 is 1.45 bits per heavy atom. The lowest BCUT2D eigenvalue weighted by molar-refractivity contribution is 0.285. The summed E-state index contributed by atoms with van der Waals surface area (Å²) in [5.41, 5.74) is 8.68. The monoisotopic (exact) mass is 277 g/mol. The molecule has 0 aromatic heterocycles. The molecule has 0 aliphatic rings. The number of rotatable bonds is 8. The van der Waals surface area contributed by atoms with E-state index in [1.54, 1.807) is 0 Å². The largest absolute Gasteiger partial charge is 0.492 e. The summed E-state index contributed by atoms with van der Waals surface area (Å²) in [4.78, 5) is 0. The minimum absolute atomic E-state index is 0.123. The molecule has 0 amide bonds. The fourth-order valence-corrected chi connectivity index (χ4v) is 2.31. The van der Waals surface area contributed by atoms with Crippen molar-refractivity contribution in [3.05, 3.63) is 29.3 Å². The van der Waals surface area contributed by atoms with Gasteiger partial charge in [-0.2, -0.15) is 0 Å². The van der Waals surface area contributed by atoms with Gasteiger partial charge in [-0.1, -0.05) is 40.7 Å². The first-order chi connectivity index (χ1) is 9.40. The molecule has 0 saturated heterocycles. The normalized spacial score (nSPS) is 13.0. The van der Waals surface area contributed by atoms with Gasteiger partial charge in [-0.15, -0.1) is 0 Å². The third kappa shape index (κ3) is 6.42. The average molecular weight is 277 g/mol. The number of hydrogen-bond donors (Lipinski definition) is 1. The second-order valence-electron chi connectivity index (χ2n) is 6.66. The van der Waals surface area contributed by atoms with Gasteiger partial charge in [0.25, 0.3) is 0 Å². The van der Waals surface area contributed by atoms with Crippen LogP contribution in [0.5, 0.6) is 5.75 Å². The summed E-state index contributed by atoms with van der Waals surface area (Å²) in [5, 5.41) is 0. The van der Waals surface area contributed by atoms with Crippen LogP contribution >= 0.6 is 0 Å². The lowest BCUT2D eigenvalue weighted by Crippen LogP contribution is -2.26. The van der Waals surface area contributed by atoms with E-state index in [1.165, 1.54) is 11.1 Å². The molecule has 0 spiro atoms. The summed E-state index contributed by atoms with van der Waals surface area (Å²) < 4.78 is 5.88. The Kier molecular flexibility index (Phi) is 7.08. The second kappa shape index (κ2) is 8.31. The predicted molar refractivity (Wildman–Crippen MR) is 87.3 cm³/mol. The van der Waals surface area contributed by atoms with E-state index in [0.29, 0.717) is 18.4 Å². The summed E-state index contributed by atoms with van der Waals surface area (Å²) >= 11 is 0. The highest BCUT2D eigenvalue weighted by molar-refractivity contribution is 5.35. The van der Waals surface area contributed by atoms with Crippen LogP contribution in [0.4, 0.5) is 0 Å². The Bertz CT molecular complexity index is 370. The maximum absolute atomic E-state index is 5.93. The third-order valence-electron chi connectivity index (χ3n) is 3.30. The molecule has 1 unspecified atom stereocenters. The van der Waals surface area contributed by atoms with Crippen LogP contribution < -0.4 is 10.5 Å². The van der Waals surface area contributed by atoms with E-state index in [0.717, 1.165) is 25.0 Å². The van der Waals surface area contributed by atoms with Crippen molar-refractivity contribution in [3.63, 3.8) is 0 Å². The van der Waals surface area contributed by atoms with Crippen molar-refractivity contribution < 1.29 is 4.74 Å². The minimum Gasteiger partial charge on any atom is -0.492 e. The maximum atomic E-state index is 5.93. The van der Waals surface area contributed by atoms with Crippen LogP contribution in [0.2, 0.25) is 0 Å². The molecule has 0 aliphatic heterocycles. The van der Waals surface area contributed by atoms with Gasteiger partial charge in [0, 0.05) is 6.04 Å². The summed E-state index contributed by atoms with van der Waals surface area (Å²) in [7, 11) is 0. The predicted octanol–water partition coefficient (Wildman–Crippen LogP) is 4.20. The van der Waals surface area contributed by atoms with Gasteiger partial charge in [-0.25, -0.2) is 0 Å². The van der Waals surface area contributed by atoms with Crippen molar-refractivity contribution in [2.45, 2.75) is 59.9 Å². The van der Waals surface area contributed by atoms with E-state index in [2.05, 4.69) is 52.8 Å². The molecule has 0 heterocycles. The van der Waals surface area contributed by atoms with Crippen molar-refractivity contribution in [1.29, 1.82) is 0 Å². The number of nitrogens with two attached hydrogens (primary N) is 1. The summed E-state index contributed by atoms with van der Waals surface area (Å²) in [6, 6.07) is 6.79. The Morgan fingerprint density at radius 1 is 0.950 bits per heavy atom. The Morgan fingerprint density at radius 3 is 1.85 bits per heavy atom. The first-order valence-corrected chi connectivity index (χ1v) is 7.91. The Labute approximate surface area is 124 Å². The molecular weight excluding hydrogens is 246 g/mol. The molecule has 1 aromatic carbocycles. The van der Waals surface area contributed by atoms with E-state index in [1.807, 2.05) is 0 Å². The van der Waals surface area contributed by atoms with E-state index >= 15 is 0 Å². The minimum atomic E-state index is 0.123. The maximum Gasteiger partial charge on any atom is 0.119 e. The van der Waals surface area contributed by atoms with Crippen molar-refractivity contribution in [1.82, 2.24) is 0 Å². The number of hydrogen-bond acceptors (Lipinski definition) is 2. The van der Waals surface area contributed by atoms with Gasteiger partial charge in [0.05, 0.1) is 0 Å². The van der Waals surface area contributed by atoms with E-state index < -0.39 is 0 Å². The van der Waals surface area contributed by atoms with Crippen molar-refractivity contribution in [2.75, 3.05) is 6.61 Å². The molecule has 0 bridgehead atoms. The van der Waals surface area contributed by atoms with Gasteiger partial charge in [-0.3, -0.25) is 0 Å². The van der Waals surface area contributed by atoms with Crippen molar-refractivity contribution in [3.8, 4) is 5.75 Å². The molecule has 1 atom stereocenters. The molecule has 0 fully saturated rings. The van der Waals surface area contributed by atoms with Crippen LogP contribution in [-0.4, -0.2) is 12.6 Å². The van der Waals surface area contributed by atoms with Gasteiger partial charge in [-0.05, 0) is 54.4 Å². The first kappa shape index (κ1) is 17.0. The lowest BCUT2D eigenvalue weighted by Gasteiger charge is -2.15. The van der Waals surface area contributed by atoms with Crippen LogP contribution in [0.25, 0.3) is 0 Å². The van der Waals surface area contributed by atoms with Gasteiger partial charge in [0.1, 0.15) is 12.4 Å². The smallest absolute Gasteiger partial charge is 0.119 e.